The number of aryl methyl sites for hydroxylation is 1. The first-order valence-electron chi connectivity index (χ1n) is 8.44. The number of aromatic nitrogens is 2. The van der Waals surface area contributed by atoms with Gasteiger partial charge < -0.3 is 14.4 Å². The van der Waals surface area contributed by atoms with E-state index in [-0.39, 0.29) is 23.8 Å². The molecule has 1 saturated heterocycles. The molecule has 1 aromatic heterocycles. The van der Waals surface area contributed by atoms with Crippen molar-refractivity contribution in [3.05, 3.63) is 53.6 Å². The third-order valence-electron chi connectivity index (χ3n) is 4.52. The average molecular weight is 362 g/mol. The summed E-state index contributed by atoms with van der Waals surface area (Å²) < 4.78 is 28.7. The molecule has 1 aliphatic heterocycles. The van der Waals surface area contributed by atoms with Gasteiger partial charge in [0.2, 0.25) is 5.91 Å². The molecule has 1 fully saturated rings. The van der Waals surface area contributed by atoms with Gasteiger partial charge in [0.1, 0.15) is 0 Å². The predicted molar refractivity (Wildman–Crippen MR) is 90.4 cm³/mol. The minimum Gasteiger partial charge on any atom is -0.341 e. The average Bonchev–Trinajstić information content (AvgIpc) is 2.90. The number of nitrogens with zero attached hydrogens (tertiary/aromatic N) is 4. The number of hydrogen-bond donors (Lipinski definition) is 0. The Kier molecular flexibility index (Phi) is 5.29. The molecule has 0 bridgehead atoms. The van der Waals surface area contributed by atoms with Gasteiger partial charge in [0.25, 0.3) is 5.91 Å². The molecule has 3 rings (SSSR count). The topological polar surface area (TPSA) is 58.4 Å². The zero-order valence-corrected chi connectivity index (χ0v) is 14.5. The van der Waals surface area contributed by atoms with Crippen molar-refractivity contribution < 1.29 is 18.4 Å². The zero-order valence-electron chi connectivity index (χ0n) is 14.5. The van der Waals surface area contributed by atoms with E-state index in [1.807, 2.05) is 0 Å². The van der Waals surface area contributed by atoms with Crippen molar-refractivity contribution in [2.24, 2.45) is 7.05 Å². The maximum absolute atomic E-state index is 13.8. The van der Waals surface area contributed by atoms with E-state index >= 15 is 0 Å². The summed E-state index contributed by atoms with van der Waals surface area (Å²) in [6.07, 6.45) is 3.69. The lowest BCUT2D eigenvalue weighted by Crippen LogP contribution is -2.38. The Labute approximate surface area is 150 Å². The molecule has 0 aliphatic carbocycles. The van der Waals surface area contributed by atoms with Gasteiger partial charge in [0, 0.05) is 51.2 Å². The van der Waals surface area contributed by atoms with Crippen LogP contribution in [0.2, 0.25) is 0 Å². The van der Waals surface area contributed by atoms with E-state index in [0.717, 1.165) is 6.07 Å². The minimum atomic E-state index is -0.984. The van der Waals surface area contributed by atoms with Crippen LogP contribution in [-0.2, 0) is 18.3 Å². The molecule has 2 heterocycles. The highest BCUT2D eigenvalue weighted by Gasteiger charge is 2.25. The highest BCUT2D eigenvalue weighted by Crippen LogP contribution is 2.14. The standard InChI is InChI=1S/C18H20F2N4O2/c1-22-9-6-21-17(22)18(26)24-8-3-7-23(10-11-24)15(25)12-13-4-2-5-14(19)16(13)20/h2,4-6,9H,3,7-8,10-12H2,1H3. The first-order chi connectivity index (χ1) is 12.5. The Morgan fingerprint density at radius 1 is 1.12 bits per heavy atom. The van der Waals surface area contributed by atoms with Crippen LogP contribution in [0.15, 0.2) is 30.6 Å². The highest BCUT2D eigenvalue weighted by molar-refractivity contribution is 5.91. The van der Waals surface area contributed by atoms with Crippen LogP contribution >= 0.6 is 0 Å². The number of amides is 2. The Morgan fingerprint density at radius 2 is 1.85 bits per heavy atom. The van der Waals surface area contributed by atoms with E-state index in [9.17, 15) is 18.4 Å². The van der Waals surface area contributed by atoms with Gasteiger partial charge in [-0.05, 0) is 12.5 Å². The quantitative estimate of drug-likeness (QED) is 0.834. The molecule has 0 radical (unpaired) electrons. The van der Waals surface area contributed by atoms with E-state index in [2.05, 4.69) is 4.98 Å². The zero-order chi connectivity index (χ0) is 18.7. The summed E-state index contributed by atoms with van der Waals surface area (Å²) >= 11 is 0. The Hall–Kier alpha value is -2.77. The molecule has 2 amide bonds. The minimum absolute atomic E-state index is 0.0418. The molecule has 0 atom stereocenters. The fourth-order valence-electron chi connectivity index (χ4n) is 3.04. The van der Waals surface area contributed by atoms with Gasteiger partial charge >= 0.3 is 0 Å². The third-order valence-corrected chi connectivity index (χ3v) is 4.52. The molecular formula is C18H20F2N4O2. The lowest BCUT2D eigenvalue weighted by atomic mass is 10.1. The predicted octanol–water partition coefficient (Wildman–Crippen LogP) is 1.62. The van der Waals surface area contributed by atoms with Crippen molar-refractivity contribution in [1.82, 2.24) is 19.4 Å². The van der Waals surface area contributed by atoms with Crippen molar-refractivity contribution in [3.8, 4) is 0 Å². The van der Waals surface area contributed by atoms with Crippen LogP contribution in [0, 0.1) is 11.6 Å². The van der Waals surface area contributed by atoms with Crippen LogP contribution < -0.4 is 0 Å². The van der Waals surface area contributed by atoms with Crippen LogP contribution in [0.1, 0.15) is 22.6 Å². The van der Waals surface area contributed by atoms with E-state index in [0.29, 0.717) is 38.4 Å². The SMILES string of the molecule is Cn1ccnc1C(=O)N1CCCN(C(=O)Cc2cccc(F)c2F)CC1. The molecule has 26 heavy (non-hydrogen) atoms. The second kappa shape index (κ2) is 7.63. The lowest BCUT2D eigenvalue weighted by Gasteiger charge is -2.22. The van der Waals surface area contributed by atoms with Crippen LogP contribution in [-0.4, -0.2) is 57.3 Å². The summed E-state index contributed by atoms with van der Waals surface area (Å²) in [7, 11) is 1.75. The van der Waals surface area contributed by atoms with Crippen molar-refractivity contribution in [1.29, 1.82) is 0 Å². The fourth-order valence-corrected chi connectivity index (χ4v) is 3.04. The largest absolute Gasteiger partial charge is 0.341 e. The Balaban J connectivity index is 1.63. The summed E-state index contributed by atoms with van der Waals surface area (Å²) in [6, 6.07) is 3.82. The van der Waals surface area contributed by atoms with Crippen molar-refractivity contribution in [3.63, 3.8) is 0 Å². The first-order valence-corrected chi connectivity index (χ1v) is 8.44. The van der Waals surface area contributed by atoms with Gasteiger partial charge in [-0.2, -0.15) is 0 Å². The molecule has 6 nitrogen and oxygen atoms in total. The number of halogens is 2. The molecule has 1 aliphatic rings. The van der Waals surface area contributed by atoms with Gasteiger partial charge in [0.15, 0.2) is 17.5 Å². The molecular weight excluding hydrogens is 342 g/mol. The fraction of sp³-hybridized carbons (Fsp3) is 0.389. The second-order valence-corrected chi connectivity index (χ2v) is 6.28. The van der Waals surface area contributed by atoms with Gasteiger partial charge in [-0.15, -0.1) is 0 Å². The van der Waals surface area contributed by atoms with Crippen molar-refractivity contribution in [2.75, 3.05) is 26.2 Å². The monoisotopic (exact) mass is 362 g/mol. The normalized spacial score (nSPS) is 15.0. The third kappa shape index (κ3) is 3.74. The van der Waals surface area contributed by atoms with E-state index in [1.54, 1.807) is 33.8 Å². The van der Waals surface area contributed by atoms with Gasteiger partial charge in [-0.25, -0.2) is 13.8 Å². The summed E-state index contributed by atoms with van der Waals surface area (Å²) in [5.74, 6) is -2.05. The number of imidazole rings is 1. The molecule has 138 valence electrons. The van der Waals surface area contributed by atoms with E-state index in [1.165, 1.54) is 12.1 Å². The van der Waals surface area contributed by atoms with Crippen LogP contribution in [0.3, 0.4) is 0 Å². The van der Waals surface area contributed by atoms with Crippen LogP contribution in [0.4, 0.5) is 8.78 Å². The number of hydrogen-bond acceptors (Lipinski definition) is 3. The molecule has 0 N–H and O–H groups in total. The second-order valence-electron chi connectivity index (χ2n) is 6.28. The summed E-state index contributed by atoms with van der Waals surface area (Å²) in [6.45, 7) is 1.72. The van der Waals surface area contributed by atoms with Gasteiger partial charge in [-0.3, -0.25) is 9.59 Å². The van der Waals surface area contributed by atoms with Crippen molar-refractivity contribution in [2.45, 2.75) is 12.8 Å². The smallest absolute Gasteiger partial charge is 0.289 e. The van der Waals surface area contributed by atoms with E-state index < -0.39 is 11.6 Å². The number of rotatable bonds is 3. The first kappa shape index (κ1) is 18.0. The molecule has 2 aromatic rings. The maximum Gasteiger partial charge on any atom is 0.289 e. The summed E-state index contributed by atoms with van der Waals surface area (Å²) in [4.78, 5) is 32.3. The molecule has 0 spiro atoms. The Bertz CT molecular complexity index is 821. The molecule has 8 heteroatoms. The van der Waals surface area contributed by atoms with Crippen molar-refractivity contribution >= 4 is 11.8 Å². The van der Waals surface area contributed by atoms with E-state index in [4.69, 9.17) is 0 Å². The Morgan fingerprint density at radius 3 is 2.58 bits per heavy atom. The summed E-state index contributed by atoms with van der Waals surface area (Å²) in [5, 5.41) is 0. The molecule has 1 aromatic carbocycles. The highest BCUT2D eigenvalue weighted by atomic mass is 19.2. The molecule has 0 saturated carbocycles. The summed E-state index contributed by atoms with van der Waals surface area (Å²) in [5.41, 5.74) is 0.0418. The molecule has 0 unspecified atom stereocenters. The van der Waals surface area contributed by atoms with Gasteiger partial charge in [-0.1, -0.05) is 12.1 Å². The number of carbonyl (C=O) groups is 2. The lowest BCUT2D eigenvalue weighted by molar-refractivity contribution is -0.130. The number of benzene rings is 1. The van der Waals surface area contributed by atoms with Crippen LogP contribution in [0.25, 0.3) is 0 Å². The van der Waals surface area contributed by atoms with Crippen LogP contribution in [0.5, 0.6) is 0 Å². The van der Waals surface area contributed by atoms with Gasteiger partial charge in [0.05, 0.1) is 6.42 Å². The number of carbonyl (C=O) groups excluding carboxylic acids is 2. The maximum atomic E-state index is 13.8.